The van der Waals surface area contributed by atoms with Crippen LogP contribution in [0.5, 0.6) is 17.6 Å². The highest BCUT2D eigenvalue weighted by Gasteiger charge is 2.50. The molecule has 0 spiro atoms. The summed E-state index contributed by atoms with van der Waals surface area (Å²) in [7, 11) is 0. The van der Waals surface area contributed by atoms with Crippen LogP contribution in [0.15, 0.2) is 24.3 Å². The highest BCUT2D eigenvalue weighted by Crippen LogP contribution is 2.49. The number of piperazine rings is 1. The van der Waals surface area contributed by atoms with Crippen LogP contribution in [0, 0.1) is 17.0 Å². The summed E-state index contributed by atoms with van der Waals surface area (Å²) >= 11 is 0. The number of aryl methyl sites for hydroxylation is 1. The molecule has 2 aromatic carbocycles. The van der Waals surface area contributed by atoms with Crippen LogP contribution in [0.1, 0.15) is 44.6 Å². The van der Waals surface area contributed by atoms with E-state index in [4.69, 9.17) is 29.2 Å². The van der Waals surface area contributed by atoms with Crippen LogP contribution in [0.2, 0.25) is 0 Å². The Kier molecular flexibility index (Phi) is 6.40. The van der Waals surface area contributed by atoms with Crippen molar-refractivity contribution >= 4 is 27.5 Å². The van der Waals surface area contributed by atoms with Crippen LogP contribution >= 0.6 is 0 Å². The molecule has 0 unspecified atom stereocenters. The Morgan fingerprint density at radius 1 is 1.08 bits per heavy atom. The third kappa shape index (κ3) is 4.48. The number of nitrogens with zero attached hydrogens (tertiary/aromatic N) is 5. The van der Waals surface area contributed by atoms with Gasteiger partial charge in [0.05, 0.1) is 25.4 Å². The molecule has 0 radical (unpaired) electrons. The largest absolute Gasteiger partial charge is 0.508 e. The molecular weight excluding hydrogens is 618 g/mol. The van der Waals surface area contributed by atoms with Gasteiger partial charge >= 0.3 is 6.01 Å². The molecule has 10 rings (SSSR count). The molecule has 0 amide bonds. The lowest BCUT2D eigenvalue weighted by Gasteiger charge is -2.40. The third-order valence-corrected chi connectivity index (χ3v) is 11.7. The number of rotatable bonds is 7. The van der Waals surface area contributed by atoms with Crippen molar-refractivity contribution in [2.45, 2.75) is 75.7 Å². The molecule has 250 valence electrons. The van der Waals surface area contributed by atoms with Gasteiger partial charge in [-0.15, -0.1) is 0 Å². The number of fused-ring (bicyclic) bond motifs is 8. The number of morpholine rings is 1. The molecule has 1 saturated carbocycles. The standard InChI is InChI=1S/C36H38F2N6O4/c1-2-23-25(37)5-3-18-9-21(45)11-24(28(18)23)31-30(38)32-29-33(44-12-19-4-6-26(39-19)27(44)15-47-34(29)40-31)42-35(41-32)48-17-36(7-8-36)16-43-13-22-10-20(43)14-46-22/h3,5,9,11,19-20,22,26-27,39,45H,2,4,6-8,10,12-17H2,1H3/t19-,20-,22-,26+,27+/m0/s1. The molecule has 2 aromatic heterocycles. The molecule has 6 aliphatic rings. The third-order valence-electron chi connectivity index (χ3n) is 11.7. The zero-order valence-electron chi connectivity index (χ0n) is 26.8. The summed E-state index contributed by atoms with van der Waals surface area (Å²) < 4.78 is 50.9. The van der Waals surface area contributed by atoms with E-state index in [9.17, 15) is 5.11 Å². The van der Waals surface area contributed by atoms with Crippen LogP contribution in [0.3, 0.4) is 0 Å². The van der Waals surface area contributed by atoms with Gasteiger partial charge in [0.2, 0.25) is 5.88 Å². The summed E-state index contributed by atoms with van der Waals surface area (Å²) in [6, 6.07) is 7.06. The lowest BCUT2D eigenvalue weighted by Crippen LogP contribution is -2.60. The molecule has 48 heavy (non-hydrogen) atoms. The molecule has 5 atom stereocenters. The van der Waals surface area contributed by atoms with Gasteiger partial charge in [-0.1, -0.05) is 13.0 Å². The molecule has 10 nitrogen and oxygen atoms in total. The maximum atomic E-state index is 17.1. The summed E-state index contributed by atoms with van der Waals surface area (Å²) in [4.78, 5) is 19.2. The second-order valence-electron chi connectivity index (χ2n) is 14.7. The van der Waals surface area contributed by atoms with E-state index < -0.39 is 11.6 Å². The number of anilines is 1. The van der Waals surface area contributed by atoms with Crippen molar-refractivity contribution in [3.05, 3.63) is 41.5 Å². The van der Waals surface area contributed by atoms with E-state index in [-0.39, 0.29) is 51.9 Å². The molecule has 5 fully saturated rings. The maximum Gasteiger partial charge on any atom is 0.319 e. The Balaban J connectivity index is 1.11. The monoisotopic (exact) mass is 656 g/mol. The number of phenols is 1. The van der Waals surface area contributed by atoms with Crippen molar-refractivity contribution < 1.29 is 28.1 Å². The summed E-state index contributed by atoms with van der Waals surface area (Å²) in [5.41, 5.74) is 0.719. The van der Waals surface area contributed by atoms with Crippen LogP contribution in [-0.2, 0) is 11.2 Å². The minimum atomic E-state index is -0.685. The van der Waals surface area contributed by atoms with Crippen molar-refractivity contribution in [2.24, 2.45) is 5.41 Å². The van der Waals surface area contributed by atoms with E-state index in [2.05, 4.69) is 15.1 Å². The highest BCUT2D eigenvalue weighted by atomic mass is 19.1. The van der Waals surface area contributed by atoms with Gasteiger partial charge in [-0.2, -0.15) is 9.97 Å². The lowest BCUT2D eigenvalue weighted by molar-refractivity contribution is 0.0176. The number of aromatic hydroxyl groups is 1. The van der Waals surface area contributed by atoms with Gasteiger partial charge in [-0.05, 0) is 73.1 Å². The number of phenolic OH excluding ortho intramolecular Hbond substituents is 1. The smallest absolute Gasteiger partial charge is 0.319 e. The fourth-order valence-corrected chi connectivity index (χ4v) is 9.04. The normalized spacial score (nSPS) is 28.1. The molecular formula is C36H38F2N6O4. The van der Waals surface area contributed by atoms with Crippen molar-refractivity contribution in [3.8, 4) is 28.9 Å². The second kappa shape index (κ2) is 10.6. The molecule has 2 N–H and O–H groups in total. The van der Waals surface area contributed by atoms with Crippen LogP contribution < -0.4 is 19.7 Å². The van der Waals surface area contributed by atoms with Gasteiger partial charge < -0.3 is 29.5 Å². The van der Waals surface area contributed by atoms with Gasteiger partial charge in [0.1, 0.15) is 40.6 Å². The van der Waals surface area contributed by atoms with Gasteiger partial charge in [0, 0.05) is 48.7 Å². The highest BCUT2D eigenvalue weighted by molar-refractivity contribution is 6.03. The predicted molar refractivity (Wildman–Crippen MR) is 175 cm³/mol. The Hall–Kier alpha value is -3.87. The number of halogens is 2. The molecule has 4 bridgehead atoms. The number of nitrogens with one attached hydrogen (secondary N) is 1. The van der Waals surface area contributed by atoms with E-state index in [1.165, 1.54) is 12.1 Å². The van der Waals surface area contributed by atoms with Gasteiger partial charge in [-0.3, -0.25) is 4.90 Å². The average Bonchev–Trinajstić information content (AvgIpc) is 3.35. The van der Waals surface area contributed by atoms with Gasteiger partial charge in [-0.25, -0.2) is 13.8 Å². The number of aromatic nitrogens is 3. The second-order valence-corrected chi connectivity index (χ2v) is 14.7. The van der Waals surface area contributed by atoms with Gasteiger partial charge in [0.15, 0.2) is 5.82 Å². The van der Waals surface area contributed by atoms with Crippen LogP contribution in [-0.4, -0.2) is 94.7 Å². The van der Waals surface area contributed by atoms with E-state index in [0.717, 1.165) is 51.8 Å². The summed E-state index contributed by atoms with van der Waals surface area (Å²) in [6.07, 6.45) is 6.01. The van der Waals surface area contributed by atoms with E-state index in [0.29, 0.717) is 71.9 Å². The van der Waals surface area contributed by atoms with Crippen molar-refractivity contribution in [2.75, 3.05) is 44.4 Å². The number of hydrogen-bond donors (Lipinski definition) is 2. The first-order valence-electron chi connectivity index (χ1n) is 17.4. The van der Waals surface area contributed by atoms with Gasteiger partial charge in [0.25, 0.3) is 0 Å². The molecule has 5 aliphatic heterocycles. The topological polar surface area (TPSA) is 105 Å². The maximum absolute atomic E-state index is 17.1. The minimum Gasteiger partial charge on any atom is -0.508 e. The number of pyridine rings is 1. The van der Waals surface area contributed by atoms with E-state index in [1.54, 1.807) is 12.1 Å². The van der Waals surface area contributed by atoms with E-state index >= 15 is 8.78 Å². The summed E-state index contributed by atoms with van der Waals surface area (Å²) in [5, 5.41) is 15.9. The first kappa shape index (κ1) is 29.1. The summed E-state index contributed by atoms with van der Waals surface area (Å²) in [5.74, 6) is -0.350. The fraction of sp³-hybridized carbons (Fsp3) is 0.528. The number of benzene rings is 2. The minimum absolute atomic E-state index is 0.0188. The first-order valence-corrected chi connectivity index (χ1v) is 17.4. The number of hydrogen-bond acceptors (Lipinski definition) is 10. The average molecular weight is 657 g/mol. The molecule has 7 heterocycles. The molecule has 4 saturated heterocycles. The lowest BCUT2D eigenvalue weighted by atomic mass is 9.94. The Morgan fingerprint density at radius 3 is 2.77 bits per heavy atom. The SMILES string of the molecule is CCc1c(F)ccc2cc(O)cc(-c3nc4c5c(nc(OCC6(CN7C[C@@H]8C[C@H]7CO8)CC6)nc5c3F)N3C[C@@H]5CC[C@@H](N5)[C@H]3CO4)c12. The number of likely N-dealkylation sites (tertiary alicyclic amines) is 1. The summed E-state index contributed by atoms with van der Waals surface area (Å²) in [6.45, 7) is 6.06. The number of ether oxygens (including phenoxy) is 3. The van der Waals surface area contributed by atoms with E-state index in [1.807, 2.05) is 6.92 Å². The van der Waals surface area contributed by atoms with Crippen LogP contribution in [0.25, 0.3) is 32.9 Å². The molecule has 1 aliphatic carbocycles. The zero-order chi connectivity index (χ0) is 32.3. The zero-order valence-corrected chi connectivity index (χ0v) is 26.8. The van der Waals surface area contributed by atoms with Crippen molar-refractivity contribution in [1.82, 2.24) is 25.2 Å². The molecule has 4 aromatic rings. The Morgan fingerprint density at radius 2 is 1.98 bits per heavy atom. The van der Waals surface area contributed by atoms with Crippen LogP contribution in [0.4, 0.5) is 14.6 Å². The fourth-order valence-electron chi connectivity index (χ4n) is 9.04. The Labute approximate surface area is 276 Å². The molecule has 12 heteroatoms. The quantitative estimate of drug-likeness (QED) is 0.290. The van der Waals surface area contributed by atoms with Crippen molar-refractivity contribution in [1.29, 1.82) is 0 Å². The first-order chi connectivity index (χ1) is 23.4. The van der Waals surface area contributed by atoms with Crippen molar-refractivity contribution in [3.63, 3.8) is 0 Å². The Bertz CT molecular complexity index is 1990. The predicted octanol–water partition coefficient (Wildman–Crippen LogP) is 4.72.